The molecule has 1 aromatic rings. The minimum absolute atomic E-state index is 0.0808. The van der Waals surface area contributed by atoms with E-state index >= 15 is 0 Å². The van der Waals surface area contributed by atoms with Crippen molar-refractivity contribution >= 4 is 16.0 Å². The summed E-state index contributed by atoms with van der Waals surface area (Å²) in [7, 11) is -3.27. The monoisotopic (exact) mass is 522 g/mol. The van der Waals surface area contributed by atoms with Gasteiger partial charge in [-0.25, -0.2) is 17.5 Å². The lowest BCUT2D eigenvalue weighted by Gasteiger charge is -2.38. The van der Waals surface area contributed by atoms with Crippen LogP contribution >= 0.6 is 0 Å². The van der Waals surface area contributed by atoms with Crippen LogP contribution in [0.25, 0.3) is 0 Å². The SMILES string of the molecule is O=C(O)C(F)(F)F.O=S(=O)(Cc1ccccc1)N1CCC2(CC1)COC(CN1CCC[C@H]1CO)C2. The van der Waals surface area contributed by atoms with Crippen LogP contribution in [0.2, 0.25) is 0 Å². The molecule has 3 aliphatic rings. The first-order valence-corrected chi connectivity index (χ1v) is 13.3. The molecule has 3 saturated heterocycles. The smallest absolute Gasteiger partial charge is 0.475 e. The number of carboxylic acid groups (broad SMARTS) is 1. The summed E-state index contributed by atoms with van der Waals surface area (Å²) in [5.74, 6) is -2.68. The average molecular weight is 523 g/mol. The van der Waals surface area contributed by atoms with Crippen molar-refractivity contribution in [3.63, 3.8) is 0 Å². The van der Waals surface area contributed by atoms with E-state index < -0.39 is 22.2 Å². The summed E-state index contributed by atoms with van der Waals surface area (Å²) in [6.07, 6.45) is 0.107. The van der Waals surface area contributed by atoms with E-state index in [2.05, 4.69) is 4.90 Å². The third-order valence-electron chi connectivity index (χ3n) is 7.04. The Morgan fingerprint density at radius 2 is 1.77 bits per heavy atom. The van der Waals surface area contributed by atoms with Gasteiger partial charge in [0.15, 0.2) is 0 Å². The predicted molar refractivity (Wildman–Crippen MR) is 122 cm³/mol. The van der Waals surface area contributed by atoms with Crippen molar-refractivity contribution in [2.45, 2.75) is 56.2 Å². The molecule has 3 aliphatic heterocycles. The highest BCUT2D eigenvalue weighted by Gasteiger charge is 2.45. The molecule has 4 rings (SSSR count). The van der Waals surface area contributed by atoms with Gasteiger partial charge in [0.2, 0.25) is 10.0 Å². The second-order valence-electron chi connectivity index (χ2n) is 9.55. The molecule has 2 N–H and O–H groups in total. The molecular formula is C23H33F3N2O6S. The topological polar surface area (TPSA) is 107 Å². The highest BCUT2D eigenvalue weighted by Crippen LogP contribution is 2.43. The Hall–Kier alpha value is -1.73. The number of likely N-dealkylation sites (tertiary alicyclic amines) is 1. The number of carboxylic acids is 1. The zero-order chi connectivity index (χ0) is 25.7. The molecule has 1 spiro atoms. The number of nitrogens with zero attached hydrogens (tertiary/aromatic N) is 2. The number of piperidine rings is 1. The molecule has 0 saturated carbocycles. The number of sulfonamides is 1. The van der Waals surface area contributed by atoms with Gasteiger partial charge in [0.05, 0.1) is 25.1 Å². The predicted octanol–water partition coefficient (Wildman–Crippen LogP) is 2.48. The molecule has 198 valence electrons. The minimum atomic E-state index is -5.08. The van der Waals surface area contributed by atoms with Crippen LogP contribution < -0.4 is 0 Å². The summed E-state index contributed by atoms with van der Waals surface area (Å²) in [6, 6.07) is 9.70. The summed E-state index contributed by atoms with van der Waals surface area (Å²) in [5.41, 5.74) is 0.966. The number of hydrogen-bond donors (Lipinski definition) is 2. The summed E-state index contributed by atoms with van der Waals surface area (Å²) in [5, 5.41) is 16.6. The van der Waals surface area contributed by atoms with Gasteiger partial charge >= 0.3 is 12.1 Å². The molecule has 1 unspecified atom stereocenters. The summed E-state index contributed by atoms with van der Waals surface area (Å²) in [4.78, 5) is 11.3. The Labute approximate surface area is 203 Å². The molecule has 12 heteroatoms. The van der Waals surface area contributed by atoms with Crippen LogP contribution in [0, 0.1) is 5.41 Å². The Bertz CT molecular complexity index is 936. The van der Waals surface area contributed by atoms with E-state index in [1.165, 1.54) is 0 Å². The lowest BCUT2D eigenvalue weighted by atomic mass is 9.77. The lowest BCUT2D eigenvalue weighted by Crippen LogP contribution is -2.44. The maximum absolute atomic E-state index is 12.8. The van der Waals surface area contributed by atoms with Crippen molar-refractivity contribution in [3.8, 4) is 0 Å². The normalized spacial score (nSPS) is 25.4. The van der Waals surface area contributed by atoms with Crippen molar-refractivity contribution in [1.29, 1.82) is 0 Å². The van der Waals surface area contributed by atoms with Crippen molar-refractivity contribution in [2.75, 3.05) is 39.4 Å². The number of ether oxygens (including phenoxy) is 1. The van der Waals surface area contributed by atoms with Crippen LogP contribution in [0.1, 0.15) is 37.7 Å². The maximum Gasteiger partial charge on any atom is 0.490 e. The third kappa shape index (κ3) is 7.63. The lowest BCUT2D eigenvalue weighted by molar-refractivity contribution is -0.192. The quantitative estimate of drug-likeness (QED) is 0.591. The average Bonchev–Trinajstić information content (AvgIpc) is 3.41. The van der Waals surface area contributed by atoms with Crippen LogP contribution in [0.4, 0.5) is 13.2 Å². The van der Waals surface area contributed by atoms with Gasteiger partial charge in [-0.2, -0.15) is 13.2 Å². The zero-order valence-corrected chi connectivity index (χ0v) is 20.3. The molecule has 1 aromatic carbocycles. The Morgan fingerprint density at radius 1 is 1.14 bits per heavy atom. The number of aliphatic carboxylic acids is 1. The van der Waals surface area contributed by atoms with Gasteiger partial charge in [0, 0.05) is 25.7 Å². The van der Waals surface area contributed by atoms with Crippen molar-refractivity contribution < 1.29 is 41.3 Å². The fourth-order valence-electron chi connectivity index (χ4n) is 5.08. The van der Waals surface area contributed by atoms with Crippen molar-refractivity contribution in [1.82, 2.24) is 9.21 Å². The molecule has 3 heterocycles. The Kier molecular flexibility index (Phi) is 9.19. The minimum Gasteiger partial charge on any atom is -0.475 e. The number of aliphatic hydroxyl groups is 1. The number of carbonyl (C=O) groups is 1. The van der Waals surface area contributed by atoms with E-state index in [9.17, 15) is 26.7 Å². The zero-order valence-electron chi connectivity index (χ0n) is 19.5. The van der Waals surface area contributed by atoms with Gasteiger partial charge in [0.25, 0.3) is 0 Å². The number of hydrogen-bond acceptors (Lipinski definition) is 6. The Morgan fingerprint density at radius 3 is 2.34 bits per heavy atom. The highest BCUT2D eigenvalue weighted by atomic mass is 32.2. The largest absolute Gasteiger partial charge is 0.490 e. The Balaban J connectivity index is 0.000000429. The molecule has 0 bridgehead atoms. The van der Waals surface area contributed by atoms with Crippen LogP contribution in [0.3, 0.4) is 0 Å². The van der Waals surface area contributed by atoms with E-state index in [1.807, 2.05) is 30.3 Å². The number of benzene rings is 1. The summed E-state index contributed by atoms with van der Waals surface area (Å²) in [6.45, 7) is 4.09. The molecule has 0 aliphatic carbocycles. The third-order valence-corrected chi connectivity index (χ3v) is 8.89. The van der Waals surface area contributed by atoms with Gasteiger partial charge in [-0.05, 0) is 49.6 Å². The van der Waals surface area contributed by atoms with Crippen LogP contribution in [-0.4, -0.2) is 91.5 Å². The van der Waals surface area contributed by atoms with Gasteiger partial charge in [-0.15, -0.1) is 0 Å². The van der Waals surface area contributed by atoms with Crippen LogP contribution in [-0.2, 0) is 25.3 Å². The molecule has 0 radical (unpaired) electrons. The van der Waals surface area contributed by atoms with Crippen molar-refractivity contribution in [2.24, 2.45) is 5.41 Å². The molecule has 0 amide bonds. The second-order valence-corrected chi connectivity index (χ2v) is 11.5. The van der Waals surface area contributed by atoms with Crippen LogP contribution in [0.15, 0.2) is 30.3 Å². The fourth-order valence-corrected chi connectivity index (χ4v) is 6.62. The molecular weight excluding hydrogens is 489 g/mol. The van der Waals surface area contributed by atoms with Gasteiger partial charge < -0.3 is 14.9 Å². The first-order chi connectivity index (χ1) is 16.4. The standard InChI is InChI=1S/C21H32N2O4S.C2HF3O2/c24-15-19-7-4-10-22(19)14-20-13-21(17-27-20)8-11-23(12-9-21)28(25,26)16-18-5-2-1-3-6-18;3-2(4,5)1(6)7/h1-3,5-6,19-20,24H,4,7-17H2;(H,6,7)/t19-,20?;/m0./s1. The first-order valence-electron chi connectivity index (χ1n) is 11.7. The van der Waals surface area contributed by atoms with Gasteiger partial charge in [-0.1, -0.05) is 30.3 Å². The number of rotatable bonds is 6. The van der Waals surface area contributed by atoms with E-state index in [0.29, 0.717) is 13.1 Å². The van der Waals surface area contributed by atoms with E-state index in [4.69, 9.17) is 14.6 Å². The van der Waals surface area contributed by atoms with Gasteiger partial charge in [-0.3, -0.25) is 4.90 Å². The summed E-state index contributed by atoms with van der Waals surface area (Å²) >= 11 is 0. The first kappa shape index (κ1) is 27.9. The number of alkyl halides is 3. The van der Waals surface area contributed by atoms with Gasteiger partial charge in [0.1, 0.15) is 0 Å². The number of aliphatic hydroxyl groups excluding tert-OH is 1. The molecule has 3 fully saturated rings. The van der Waals surface area contributed by atoms with E-state index in [-0.39, 0.29) is 29.9 Å². The molecule has 2 atom stereocenters. The van der Waals surface area contributed by atoms with E-state index in [1.54, 1.807) is 4.31 Å². The highest BCUT2D eigenvalue weighted by molar-refractivity contribution is 7.88. The fraction of sp³-hybridized carbons (Fsp3) is 0.696. The summed E-state index contributed by atoms with van der Waals surface area (Å²) < 4.78 is 65.1. The van der Waals surface area contributed by atoms with Crippen molar-refractivity contribution in [3.05, 3.63) is 35.9 Å². The molecule has 35 heavy (non-hydrogen) atoms. The van der Waals surface area contributed by atoms with E-state index in [0.717, 1.165) is 57.4 Å². The maximum atomic E-state index is 12.8. The molecule has 8 nitrogen and oxygen atoms in total. The molecule has 0 aromatic heterocycles. The second kappa shape index (κ2) is 11.5. The number of halogens is 3. The van der Waals surface area contributed by atoms with Crippen LogP contribution in [0.5, 0.6) is 0 Å².